The molecule has 2 heterocycles. The Bertz CT molecular complexity index is 1650. The van der Waals surface area contributed by atoms with Gasteiger partial charge in [-0.2, -0.15) is 0 Å². The Kier molecular flexibility index (Phi) is 5.82. The molecule has 0 unspecified atom stereocenters. The molecule has 0 fully saturated rings. The van der Waals surface area contributed by atoms with Crippen LogP contribution in [0.15, 0.2) is 82.4 Å². The largest absolute Gasteiger partial charge is 0.497 e. The number of methoxy groups -OCH3 is 1. The van der Waals surface area contributed by atoms with E-state index >= 15 is 0 Å². The minimum absolute atomic E-state index is 0.244. The van der Waals surface area contributed by atoms with E-state index in [9.17, 15) is 18.4 Å². The molecule has 5 nitrogen and oxygen atoms in total. The van der Waals surface area contributed by atoms with Crippen LogP contribution in [0.3, 0.4) is 0 Å². The third kappa shape index (κ3) is 3.85. The number of benzene rings is 3. The van der Waals surface area contributed by atoms with E-state index < -0.39 is 22.9 Å². The van der Waals surface area contributed by atoms with Crippen LogP contribution in [0.4, 0.5) is 8.78 Å². The first-order valence-electron chi connectivity index (χ1n) is 10.8. The molecule has 0 aliphatic rings. The number of thiophene rings is 1. The highest BCUT2D eigenvalue weighted by atomic mass is 32.1. The van der Waals surface area contributed by atoms with Crippen molar-refractivity contribution in [1.82, 2.24) is 9.13 Å². The van der Waals surface area contributed by atoms with Gasteiger partial charge in [-0.25, -0.2) is 18.1 Å². The highest BCUT2D eigenvalue weighted by Gasteiger charge is 2.23. The van der Waals surface area contributed by atoms with E-state index in [1.54, 1.807) is 37.4 Å². The van der Waals surface area contributed by atoms with Crippen LogP contribution in [0, 0.1) is 18.6 Å². The third-order valence-electron chi connectivity index (χ3n) is 5.96. The number of rotatable bonds is 5. The molecular weight excluding hydrogens is 470 g/mol. The Morgan fingerprint density at radius 3 is 2.17 bits per heavy atom. The predicted molar refractivity (Wildman–Crippen MR) is 134 cm³/mol. The predicted octanol–water partition coefficient (Wildman–Crippen LogP) is 5.52. The van der Waals surface area contributed by atoms with Gasteiger partial charge in [-0.15, -0.1) is 11.3 Å². The maximum absolute atomic E-state index is 14.6. The molecule has 0 aliphatic carbocycles. The van der Waals surface area contributed by atoms with Gasteiger partial charge in [0.05, 0.1) is 24.7 Å². The van der Waals surface area contributed by atoms with E-state index in [1.165, 1.54) is 22.0 Å². The summed E-state index contributed by atoms with van der Waals surface area (Å²) in [5.41, 5.74) is 0.516. The zero-order valence-corrected chi connectivity index (χ0v) is 19.7. The minimum atomic E-state index is -0.758. The number of fused-ring (bicyclic) bond motifs is 1. The quantitative estimate of drug-likeness (QED) is 0.326. The van der Waals surface area contributed by atoms with Crippen molar-refractivity contribution in [3.63, 3.8) is 0 Å². The van der Waals surface area contributed by atoms with Crippen LogP contribution < -0.4 is 16.0 Å². The second kappa shape index (κ2) is 8.96. The molecule has 0 spiro atoms. The first-order valence-corrected chi connectivity index (χ1v) is 11.6. The number of nitrogens with zero attached hydrogens (tertiary/aromatic N) is 2. The van der Waals surface area contributed by atoms with Crippen molar-refractivity contribution in [2.75, 3.05) is 7.11 Å². The monoisotopic (exact) mass is 490 g/mol. The molecule has 0 N–H and O–H groups in total. The summed E-state index contributed by atoms with van der Waals surface area (Å²) in [5.74, 6) is -0.830. The number of para-hydroxylation sites is 1. The fourth-order valence-corrected chi connectivity index (χ4v) is 5.45. The lowest BCUT2D eigenvalue weighted by molar-refractivity contribution is 0.415. The Morgan fingerprint density at radius 2 is 1.54 bits per heavy atom. The summed E-state index contributed by atoms with van der Waals surface area (Å²) >= 11 is 1.24. The number of ether oxygens (including phenoxy) is 1. The average Bonchev–Trinajstić information content (AvgIpc) is 3.21. The van der Waals surface area contributed by atoms with Gasteiger partial charge in [0.2, 0.25) is 0 Å². The second-order valence-corrected chi connectivity index (χ2v) is 9.01. The van der Waals surface area contributed by atoms with E-state index in [4.69, 9.17) is 4.74 Å². The topological polar surface area (TPSA) is 53.2 Å². The molecule has 2 aromatic heterocycles. The molecule has 0 amide bonds. The number of aryl methyl sites for hydroxylation is 1. The van der Waals surface area contributed by atoms with Gasteiger partial charge >= 0.3 is 5.69 Å². The van der Waals surface area contributed by atoms with Crippen LogP contribution in [-0.4, -0.2) is 16.2 Å². The first kappa shape index (κ1) is 22.7. The van der Waals surface area contributed by atoms with Gasteiger partial charge in [0, 0.05) is 10.4 Å². The van der Waals surface area contributed by atoms with Crippen molar-refractivity contribution in [3.8, 4) is 21.9 Å². The molecule has 0 aliphatic heterocycles. The van der Waals surface area contributed by atoms with Crippen molar-refractivity contribution in [1.29, 1.82) is 0 Å². The van der Waals surface area contributed by atoms with Crippen LogP contribution in [0.25, 0.3) is 26.3 Å². The molecule has 5 aromatic rings. The summed E-state index contributed by atoms with van der Waals surface area (Å²) < 4.78 is 36.7. The van der Waals surface area contributed by atoms with E-state index in [2.05, 4.69) is 0 Å². The summed E-state index contributed by atoms with van der Waals surface area (Å²) in [4.78, 5) is 28.4. The van der Waals surface area contributed by atoms with Crippen LogP contribution in [0.2, 0.25) is 0 Å². The van der Waals surface area contributed by atoms with Crippen molar-refractivity contribution in [2.24, 2.45) is 0 Å². The number of aromatic nitrogens is 2. The van der Waals surface area contributed by atoms with Crippen LogP contribution >= 0.6 is 11.3 Å². The minimum Gasteiger partial charge on any atom is -0.497 e. The smallest absolute Gasteiger partial charge is 0.337 e. The van der Waals surface area contributed by atoms with Crippen molar-refractivity contribution < 1.29 is 13.5 Å². The molecular formula is C27H20F2N2O3S. The van der Waals surface area contributed by atoms with Gasteiger partial charge in [-0.3, -0.25) is 9.36 Å². The Labute approximate surface area is 203 Å². The van der Waals surface area contributed by atoms with Crippen LogP contribution in [0.5, 0.6) is 5.75 Å². The summed E-state index contributed by atoms with van der Waals surface area (Å²) in [5, 5.41) is 0.334. The molecule has 3 aromatic carbocycles. The molecule has 0 atom stereocenters. The Balaban J connectivity index is 1.84. The SMILES string of the molecule is COc1ccc(-c2sc3c(c2C)c(=O)n(-c2ccccc2)c(=O)n3Cc2c(F)cccc2F)cc1. The molecule has 8 heteroatoms. The van der Waals surface area contributed by atoms with Gasteiger partial charge in [0.15, 0.2) is 0 Å². The van der Waals surface area contributed by atoms with Gasteiger partial charge in [-0.05, 0) is 66.6 Å². The maximum Gasteiger partial charge on any atom is 0.337 e. The van der Waals surface area contributed by atoms with Gasteiger partial charge in [-0.1, -0.05) is 24.3 Å². The fourth-order valence-electron chi connectivity index (χ4n) is 4.15. The summed E-state index contributed by atoms with van der Waals surface area (Å²) in [6.45, 7) is 1.45. The zero-order chi connectivity index (χ0) is 24.7. The third-order valence-corrected chi connectivity index (χ3v) is 7.32. The highest BCUT2D eigenvalue weighted by molar-refractivity contribution is 7.22. The lowest BCUT2D eigenvalue weighted by atomic mass is 10.1. The molecule has 0 bridgehead atoms. The number of hydrogen-bond acceptors (Lipinski definition) is 4. The van der Waals surface area contributed by atoms with Crippen molar-refractivity contribution in [2.45, 2.75) is 13.5 Å². The maximum atomic E-state index is 14.6. The van der Waals surface area contributed by atoms with Crippen LogP contribution in [0.1, 0.15) is 11.1 Å². The molecule has 0 saturated carbocycles. The van der Waals surface area contributed by atoms with E-state index in [0.717, 1.165) is 27.1 Å². The Morgan fingerprint density at radius 1 is 0.886 bits per heavy atom. The van der Waals surface area contributed by atoms with Crippen molar-refractivity contribution in [3.05, 3.63) is 116 Å². The Hall–Kier alpha value is -4.04. The summed E-state index contributed by atoms with van der Waals surface area (Å²) in [6.07, 6.45) is 0. The second-order valence-electron chi connectivity index (χ2n) is 8.01. The van der Waals surface area contributed by atoms with Gasteiger partial charge in [0.1, 0.15) is 22.2 Å². The lowest BCUT2D eigenvalue weighted by Gasteiger charge is -2.13. The molecule has 5 rings (SSSR count). The molecule has 0 saturated heterocycles. The first-order chi connectivity index (χ1) is 16.9. The average molecular weight is 491 g/mol. The van der Waals surface area contributed by atoms with Gasteiger partial charge in [0.25, 0.3) is 5.56 Å². The fraction of sp³-hybridized carbons (Fsp3) is 0.111. The highest BCUT2D eigenvalue weighted by Crippen LogP contribution is 2.37. The lowest BCUT2D eigenvalue weighted by Crippen LogP contribution is -2.39. The van der Waals surface area contributed by atoms with E-state index in [-0.39, 0.29) is 12.1 Å². The van der Waals surface area contributed by atoms with Crippen molar-refractivity contribution >= 4 is 21.6 Å². The van der Waals surface area contributed by atoms with Crippen LogP contribution in [-0.2, 0) is 6.54 Å². The standard InChI is InChI=1S/C27H20F2N2O3S/c1-16-23-25(32)31(18-7-4-3-5-8-18)27(33)30(15-20-21(28)9-6-10-22(20)29)26(23)35-24(16)17-11-13-19(34-2)14-12-17/h3-14H,15H2,1-2H3. The van der Waals surface area contributed by atoms with E-state index in [0.29, 0.717) is 27.2 Å². The normalized spacial score (nSPS) is 11.2. The molecule has 35 heavy (non-hydrogen) atoms. The number of halogens is 2. The van der Waals surface area contributed by atoms with E-state index in [1.807, 2.05) is 31.2 Å². The van der Waals surface area contributed by atoms with Gasteiger partial charge < -0.3 is 4.74 Å². The molecule has 176 valence electrons. The summed E-state index contributed by atoms with van der Waals surface area (Å²) in [6, 6.07) is 19.4. The summed E-state index contributed by atoms with van der Waals surface area (Å²) in [7, 11) is 1.58. The molecule has 0 radical (unpaired) electrons. The zero-order valence-electron chi connectivity index (χ0n) is 18.9. The number of hydrogen-bond donors (Lipinski definition) is 0.